The number of rotatable bonds is 4. The van der Waals surface area contributed by atoms with Crippen molar-refractivity contribution >= 4 is 17.3 Å². The summed E-state index contributed by atoms with van der Waals surface area (Å²) in [6.07, 6.45) is 3.28. The number of fused-ring (bicyclic) bond motifs is 2. The van der Waals surface area contributed by atoms with E-state index in [1.165, 1.54) is 17.7 Å². The highest BCUT2D eigenvalue weighted by Gasteiger charge is 2.42. The molecule has 0 aromatic heterocycles. The second-order valence-corrected chi connectivity index (χ2v) is 7.04. The Hall–Kier alpha value is -1.30. The molecule has 0 saturated carbocycles. The van der Waals surface area contributed by atoms with Crippen molar-refractivity contribution in [3.05, 3.63) is 53.0 Å². The molecule has 5 heteroatoms. The van der Waals surface area contributed by atoms with Gasteiger partial charge in [0.15, 0.2) is 0 Å². The minimum absolute atomic E-state index is 0.0349. The molecule has 0 spiro atoms. The lowest BCUT2D eigenvalue weighted by Crippen LogP contribution is -2.27. The number of aliphatic hydroxyl groups excluding tert-OH is 1. The van der Waals surface area contributed by atoms with Gasteiger partial charge in [0.1, 0.15) is 5.82 Å². The van der Waals surface area contributed by atoms with Gasteiger partial charge in [0.2, 0.25) is 0 Å². The summed E-state index contributed by atoms with van der Waals surface area (Å²) in [5.74, 6) is -0.236. The van der Waals surface area contributed by atoms with Crippen LogP contribution in [0, 0.1) is 5.82 Å². The summed E-state index contributed by atoms with van der Waals surface area (Å²) in [6, 6.07) is 6.59. The van der Waals surface area contributed by atoms with Crippen molar-refractivity contribution in [1.82, 2.24) is 5.48 Å². The van der Waals surface area contributed by atoms with Crippen LogP contribution in [0.3, 0.4) is 0 Å². The van der Waals surface area contributed by atoms with Crippen LogP contribution in [0.15, 0.2) is 41.6 Å². The SMILES string of the molecule is CC=C(NOC)C1=C(c2ccc(F)cc2)CC2CC(O)[C@H]1S2. The van der Waals surface area contributed by atoms with E-state index in [-0.39, 0.29) is 17.2 Å². The Labute approximate surface area is 134 Å². The minimum atomic E-state index is -0.350. The van der Waals surface area contributed by atoms with Crippen LogP contribution in [0.2, 0.25) is 0 Å². The first kappa shape index (κ1) is 15.6. The van der Waals surface area contributed by atoms with Crippen molar-refractivity contribution in [1.29, 1.82) is 0 Å². The summed E-state index contributed by atoms with van der Waals surface area (Å²) in [5, 5.41) is 10.8. The molecule has 0 amide bonds. The van der Waals surface area contributed by atoms with Gasteiger partial charge in [-0.25, -0.2) is 4.39 Å². The fourth-order valence-corrected chi connectivity index (χ4v) is 4.95. The van der Waals surface area contributed by atoms with Crippen LogP contribution in [0.1, 0.15) is 25.3 Å². The number of hydrogen-bond donors (Lipinski definition) is 2. The summed E-state index contributed by atoms with van der Waals surface area (Å²) in [7, 11) is 1.57. The van der Waals surface area contributed by atoms with E-state index in [2.05, 4.69) is 5.48 Å². The largest absolute Gasteiger partial charge is 0.392 e. The molecule has 2 heterocycles. The van der Waals surface area contributed by atoms with E-state index in [1.54, 1.807) is 7.11 Å². The number of nitrogens with one attached hydrogen (secondary N) is 1. The smallest absolute Gasteiger partial charge is 0.123 e. The van der Waals surface area contributed by atoms with Gasteiger partial charge in [-0.1, -0.05) is 18.2 Å². The van der Waals surface area contributed by atoms with Gasteiger partial charge in [0.25, 0.3) is 0 Å². The van der Waals surface area contributed by atoms with Gasteiger partial charge < -0.3 is 5.11 Å². The van der Waals surface area contributed by atoms with Gasteiger partial charge in [0, 0.05) is 5.25 Å². The molecule has 2 aliphatic rings. The Morgan fingerprint density at radius 3 is 2.77 bits per heavy atom. The van der Waals surface area contributed by atoms with E-state index in [9.17, 15) is 9.50 Å². The molecule has 3 nitrogen and oxygen atoms in total. The molecule has 3 rings (SSSR count). The number of allylic oxidation sites excluding steroid dienone is 3. The zero-order valence-corrected chi connectivity index (χ0v) is 13.5. The van der Waals surface area contributed by atoms with Gasteiger partial charge in [-0.15, -0.1) is 11.8 Å². The molecule has 1 aromatic carbocycles. The van der Waals surface area contributed by atoms with Crippen molar-refractivity contribution in [2.45, 2.75) is 36.4 Å². The first-order valence-corrected chi connectivity index (χ1v) is 8.36. The Balaban J connectivity index is 2.10. The lowest BCUT2D eigenvalue weighted by Gasteiger charge is -2.29. The maximum atomic E-state index is 13.2. The molecule has 2 aliphatic heterocycles. The van der Waals surface area contributed by atoms with Crippen molar-refractivity contribution in [3.8, 4) is 0 Å². The van der Waals surface area contributed by atoms with E-state index < -0.39 is 0 Å². The van der Waals surface area contributed by atoms with Crippen molar-refractivity contribution < 1.29 is 14.3 Å². The Morgan fingerprint density at radius 2 is 2.14 bits per heavy atom. The molecule has 0 aliphatic carbocycles. The highest BCUT2D eigenvalue weighted by Crippen LogP contribution is 2.50. The van der Waals surface area contributed by atoms with Gasteiger partial charge in [-0.3, -0.25) is 10.3 Å². The topological polar surface area (TPSA) is 41.5 Å². The van der Waals surface area contributed by atoms with Crippen LogP contribution in [0.25, 0.3) is 5.57 Å². The third-order valence-corrected chi connectivity index (χ3v) is 5.80. The van der Waals surface area contributed by atoms with E-state index in [0.717, 1.165) is 29.7 Å². The molecule has 22 heavy (non-hydrogen) atoms. The second-order valence-electron chi connectivity index (χ2n) is 5.59. The summed E-state index contributed by atoms with van der Waals surface area (Å²) in [4.78, 5) is 5.09. The van der Waals surface area contributed by atoms with Crippen molar-refractivity contribution in [2.24, 2.45) is 0 Å². The zero-order chi connectivity index (χ0) is 15.7. The van der Waals surface area contributed by atoms with Crippen LogP contribution in [-0.2, 0) is 4.84 Å². The maximum absolute atomic E-state index is 13.2. The average molecular weight is 321 g/mol. The highest BCUT2D eigenvalue weighted by molar-refractivity contribution is 8.01. The first-order valence-electron chi connectivity index (χ1n) is 7.42. The quantitative estimate of drug-likeness (QED) is 0.835. The number of hydroxylamine groups is 1. The molecule has 2 bridgehead atoms. The first-order chi connectivity index (χ1) is 10.6. The standard InChI is InChI=1S/C17H20FNO2S/c1-3-14(19-21-2)16-13(10-4-6-11(18)7-5-10)8-12-9-15(20)17(16)22-12/h3-7,12,15,17,19-20H,8-9H2,1-2H3/t12?,15?,17-/m1/s1. The molecule has 2 N–H and O–H groups in total. The second kappa shape index (κ2) is 6.44. The van der Waals surface area contributed by atoms with Crippen molar-refractivity contribution in [2.75, 3.05) is 7.11 Å². The highest BCUT2D eigenvalue weighted by atomic mass is 32.2. The molecule has 1 fully saturated rings. The van der Waals surface area contributed by atoms with Crippen LogP contribution in [0.5, 0.6) is 0 Å². The molecule has 3 atom stereocenters. The molecule has 1 saturated heterocycles. The zero-order valence-electron chi connectivity index (χ0n) is 12.7. The predicted octanol–water partition coefficient (Wildman–Crippen LogP) is 3.27. The van der Waals surface area contributed by atoms with E-state index in [1.807, 2.05) is 36.9 Å². The van der Waals surface area contributed by atoms with E-state index in [0.29, 0.717) is 5.25 Å². The Morgan fingerprint density at radius 1 is 1.41 bits per heavy atom. The summed E-state index contributed by atoms with van der Waals surface area (Å²) < 4.78 is 13.2. The number of benzene rings is 1. The normalized spacial score (nSPS) is 28.2. The fourth-order valence-electron chi connectivity index (χ4n) is 3.27. The number of thioether (sulfide) groups is 1. The maximum Gasteiger partial charge on any atom is 0.123 e. The third kappa shape index (κ3) is 2.81. The number of halogens is 1. The van der Waals surface area contributed by atoms with Gasteiger partial charge in [-0.05, 0) is 48.6 Å². The summed E-state index contributed by atoms with van der Waals surface area (Å²) in [5.41, 5.74) is 7.05. The lowest BCUT2D eigenvalue weighted by atomic mass is 9.93. The molecule has 2 unspecified atom stereocenters. The van der Waals surface area contributed by atoms with Crippen LogP contribution < -0.4 is 5.48 Å². The molecule has 118 valence electrons. The fraction of sp³-hybridized carbons (Fsp3) is 0.412. The molecular formula is C17H20FNO2S. The monoisotopic (exact) mass is 321 g/mol. The lowest BCUT2D eigenvalue weighted by molar-refractivity contribution is 0.118. The molecule has 0 radical (unpaired) electrons. The number of aliphatic hydroxyl groups is 1. The number of hydrogen-bond acceptors (Lipinski definition) is 4. The Bertz CT molecular complexity index is 612. The van der Waals surface area contributed by atoms with E-state index in [4.69, 9.17) is 4.84 Å². The predicted molar refractivity (Wildman–Crippen MR) is 87.6 cm³/mol. The van der Waals surface area contributed by atoms with Gasteiger partial charge in [0.05, 0.1) is 24.2 Å². The van der Waals surface area contributed by atoms with Crippen molar-refractivity contribution in [3.63, 3.8) is 0 Å². The average Bonchev–Trinajstić information content (AvgIpc) is 2.81. The summed E-state index contributed by atoms with van der Waals surface area (Å²) >= 11 is 1.82. The Kier molecular flexibility index (Phi) is 4.57. The molecule has 1 aromatic rings. The third-order valence-electron chi connectivity index (χ3n) is 4.22. The van der Waals surface area contributed by atoms with Gasteiger partial charge in [-0.2, -0.15) is 0 Å². The van der Waals surface area contributed by atoms with E-state index >= 15 is 0 Å². The summed E-state index contributed by atoms with van der Waals surface area (Å²) in [6.45, 7) is 1.94. The van der Waals surface area contributed by atoms with Crippen LogP contribution in [-0.4, -0.2) is 28.8 Å². The van der Waals surface area contributed by atoms with Crippen LogP contribution in [0.4, 0.5) is 4.39 Å². The minimum Gasteiger partial charge on any atom is -0.392 e. The molecular weight excluding hydrogens is 301 g/mol. The van der Waals surface area contributed by atoms with Gasteiger partial charge >= 0.3 is 0 Å². The van der Waals surface area contributed by atoms with Crippen LogP contribution >= 0.6 is 11.8 Å².